The summed E-state index contributed by atoms with van der Waals surface area (Å²) in [6.07, 6.45) is 0. The van der Waals surface area contributed by atoms with Crippen LogP contribution < -0.4 is 0 Å². The van der Waals surface area contributed by atoms with Crippen LogP contribution in [0.5, 0.6) is 0 Å². The van der Waals surface area contributed by atoms with Gasteiger partial charge in [0.25, 0.3) is 11.8 Å². The third kappa shape index (κ3) is 3.75. The summed E-state index contributed by atoms with van der Waals surface area (Å²) in [5.74, 6) is -3.93. The number of nitrogens with zero attached hydrogens (tertiary/aromatic N) is 3. The molecule has 1 aliphatic heterocycles. The van der Waals surface area contributed by atoms with E-state index in [1.807, 2.05) is 0 Å². The Hall–Kier alpha value is 1.37. The summed E-state index contributed by atoms with van der Waals surface area (Å²) in [6, 6.07) is 0. The molecule has 0 aromatic rings. The van der Waals surface area contributed by atoms with Gasteiger partial charge in [0.2, 0.25) is 0 Å². The first-order valence-electron chi connectivity index (χ1n) is 3.22. The van der Waals surface area contributed by atoms with Gasteiger partial charge in [-0.25, -0.2) is 9.03 Å². The van der Waals surface area contributed by atoms with Crippen LogP contribution in [-0.2, 0) is 0 Å². The second-order valence-corrected chi connectivity index (χ2v) is 15.4. The van der Waals surface area contributed by atoms with E-state index < -0.39 is 19.0 Å². The standard InChI is InChI=1S/C4H6Cl4N3P3/c1-3-4-12(2)9-13(5,6)11-14(7,8)10-12/h4H,1H2,2H3. The molecule has 3 nitrogen and oxygen atoms in total. The van der Waals surface area contributed by atoms with E-state index in [0.717, 1.165) is 0 Å². The van der Waals surface area contributed by atoms with Gasteiger partial charge in [0, 0.05) is 5.82 Å². The predicted octanol–water partition coefficient (Wildman–Crippen LogP) is 6.89. The van der Waals surface area contributed by atoms with Crippen LogP contribution in [0.4, 0.5) is 0 Å². The Bertz CT molecular complexity index is 455. The van der Waals surface area contributed by atoms with E-state index >= 15 is 0 Å². The molecule has 1 atom stereocenters. The highest BCUT2D eigenvalue weighted by Crippen LogP contribution is 2.84. The molecule has 1 rings (SSSR count). The van der Waals surface area contributed by atoms with E-state index in [1.165, 1.54) is 0 Å². The molecule has 0 saturated heterocycles. The van der Waals surface area contributed by atoms with Crippen molar-refractivity contribution < 1.29 is 0 Å². The van der Waals surface area contributed by atoms with Crippen molar-refractivity contribution in [2.45, 2.75) is 0 Å². The van der Waals surface area contributed by atoms with E-state index in [0.29, 0.717) is 0 Å². The minimum absolute atomic E-state index is 1.61. The highest BCUT2D eigenvalue weighted by molar-refractivity contribution is 8.21. The SMILES string of the molecule is C=C=CP1(C)=NP(Cl)(Cl)=NP(Cl)(Cl)=N1. The van der Waals surface area contributed by atoms with Gasteiger partial charge in [-0.05, 0) is 51.6 Å². The normalized spacial score (nSPS) is 32.9. The van der Waals surface area contributed by atoms with Gasteiger partial charge in [-0.2, -0.15) is 4.52 Å². The van der Waals surface area contributed by atoms with Crippen molar-refractivity contribution in [3.8, 4) is 0 Å². The molecule has 0 aromatic carbocycles. The Labute approximate surface area is 102 Å². The smallest absolute Gasteiger partial charge is 0.209 e. The Kier molecular flexibility index (Phi) is 4.15. The van der Waals surface area contributed by atoms with Crippen LogP contribution in [0.1, 0.15) is 0 Å². The van der Waals surface area contributed by atoms with Crippen LogP contribution in [0.2, 0.25) is 0 Å². The molecule has 0 aromatic heterocycles. The van der Waals surface area contributed by atoms with Crippen molar-refractivity contribution in [3.05, 3.63) is 18.1 Å². The first-order valence-corrected chi connectivity index (χ1v) is 12.4. The summed E-state index contributed by atoms with van der Waals surface area (Å²) in [7, 11) is -2.18. The third-order valence-corrected chi connectivity index (χ3v) is 13.0. The lowest BCUT2D eigenvalue weighted by atomic mass is 11.0. The Morgan fingerprint density at radius 1 is 1.07 bits per heavy atom. The summed E-state index contributed by atoms with van der Waals surface area (Å²) in [5, 5.41) is 0. The monoisotopic (exact) mass is 329 g/mol. The third-order valence-electron chi connectivity index (χ3n) is 1.13. The minimum Gasteiger partial charge on any atom is -0.209 e. The Balaban J connectivity index is 3.56. The van der Waals surface area contributed by atoms with Gasteiger partial charge in [0.05, 0.1) is 0 Å². The molecule has 10 heteroatoms. The molecule has 1 unspecified atom stereocenters. The number of rotatable bonds is 1. The van der Waals surface area contributed by atoms with Gasteiger partial charge in [-0.3, -0.25) is 0 Å². The molecule has 0 bridgehead atoms. The highest BCUT2D eigenvalue weighted by atomic mass is 35.9. The lowest BCUT2D eigenvalue weighted by Crippen LogP contribution is -1.71. The van der Waals surface area contributed by atoms with Crippen LogP contribution in [0, 0.1) is 0 Å². The van der Waals surface area contributed by atoms with Crippen LogP contribution in [0.3, 0.4) is 0 Å². The van der Waals surface area contributed by atoms with Gasteiger partial charge in [0.1, 0.15) is 7.21 Å². The van der Waals surface area contributed by atoms with Crippen molar-refractivity contribution >= 4 is 64.0 Å². The number of hydrogen-bond donors (Lipinski definition) is 0. The molecular formula is C4H6Cl4N3P3. The second kappa shape index (κ2) is 4.33. The molecule has 0 saturated carbocycles. The fourth-order valence-electron chi connectivity index (χ4n) is 0.843. The van der Waals surface area contributed by atoms with Crippen LogP contribution in [0.15, 0.2) is 31.7 Å². The van der Waals surface area contributed by atoms with E-state index in [4.69, 9.17) is 45.0 Å². The maximum Gasteiger partial charge on any atom is 0.255 e. The molecule has 0 radical (unpaired) electrons. The zero-order valence-corrected chi connectivity index (χ0v) is 12.7. The summed E-state index contributed by atoms with van der Waals surface area (Å²) in [6.45, 7) is 5.22. The first kappa shape index (κ1) is 13.4. The summed E-state index contributed by atoms with van der Waals surface area (Å²) >= 11 is 23.5. The van der Waals surface area contributed by atoms with Crippen molar-refractivity contribution in [2.75, 3.05) is 6.66 Å². The first-order chi connectivity index (χ1) is 6.18. The second-order valence-electron chi connectivity index (χ2n) is 2.49. The highest BCUT2D eigenvalue weighted by Gasteiger charge is 2.28. The van der Waals surface area contributed by atoms with Gasteiger partial charge >= 0.3 is 0 Å². The number of halogens is 4. The molecule has 0 spiro atoms. The van der Waals surface area contributed by atoms with E-state index in [-0.39, 0.29) is 0 Å². The quantitative estimate of drug-likeness (QED) is 0.370. The van der Waals surface area contributed by atoms with E-state index in [9.17, 15) is 0 Å². The molecular weight excluding hydrogens is 325 g/mol. The summed E-state index contributed by atoms with van der Waals surface area (Å²) in [4.78, 5) is 0. The van der Waals surface area contributed by atoms with Gasteiger partial charge in [-0.1, -0.05) is 6.58 Å². The maximum absolute atomic E-state index is 5.88. The van der Waals surface area contributed by atoms with Gasteiger partial charge in [-0.15, -0.1) is 5.73 Å². The van der Waals surface area contributed by atoms with Gasteiger partial charge < -0.3 is 0 Å². The fraction of sp³-hybridized carbons (Fsp3) is 0.250. The van der Waals surface area contributed by atoms with Crippen molar-refractivity contribution in [1.82, 2.24) is 0 Å². The lowest BCUT2D eigenvalue weighted by Gasteiger charge is -2.20. The molecule has 0 N–H and O–H groups in total. The lowest BCUT2D eigenvalue weighted by molar-refractivity contribution is 1.74. The van der Waals surface area contributed by atoms with Crippen molar-refractivity contribution in [1.29, 1.82) is 0 Å². The zero-order chi connectivity index (χ0) is 11.0. The number of hydrogen-bond acceptors (Lipinski definition) is 3. The summed E-state index contributed by atoms with van der Waals surface area (Å²) in [5.41, 5.74) is 2.60. The van der Waals surface area contributed by atoms with Crippen molar-refractivity contribution in [2.24, 2.45) is 13.5 Å². The molecule has 80 valence electrons. The Morgan fingerprint density at radius 2 is 1.57 bits per heavy atom. The average molecular weight is 331 g/mol. The Morgan fingerprint density at radius 3 is 2.00 bits per heavy atom. The molecule has 1 heterocycles. The van der Waals surface area contributed by atoms with Gasteiger partial charge in [0.15, 0.2) is 0 Å². The molecule has 0 aliphatic carbocycles. The van der Waals surface area contributed by atoms with Crippen LogP contribution >= 0.6 is 64.0 Å². The minimum atomic E-state index is -2.77. The molecule has 1 aliphatic rings. The maximum atomic E-state index is 5.88. The van der Waals surface area contributed by atoms with E-state index in [2.05, 4.69) is 25.9 Å². The molecule has 0 fully saturated rings. The fourth-order valence-corrected chi connectivity index (χ4v) is 17.2. The van der Waals surface area contributed by atoms with Crippen LogP contribution in [-0.4, -0.2) is 6.66 Å². The van der Waals surface area contributed by atoms with Crippen molar-refractivity contribution in [3.63, 3.8) is 0 Å². The largest absolute Gasteiger partial charge is 0.255 e. The van der Waals surface area contributed by atoms with Crippen LogP contribution in [0.25, 0.3) is 0 Å². The predicted molar refractivity (Wildman–Crippen MR) is 71.1 cm³/mol. The summed E-state index contributed by atoms with van der Waals surface area (Å²) < 4.78 is 12.1. The molecule has 0 amide bonds. The topological polar surface area (TPSA) is 37.1 Å². The average Bonchev–Trinajstić information content (AvgIpc) is 1.75. The van der Waals surface area contributed by atoms with E-state index in [1.54, 1.807) is 12.5 Å². The molecule has 14 heavy (non-hydrogen) atoms. The zero-order valence-electron chi connectivity index (χ0n) is 6.98.